The number of carboxylic acid groups (broad SMARTS) is 2. The summed E-state index contributed by atoms with van der Waals surface area (Å²) in [6.45, 7) is 0. The van der Waals surface area contributed by atoms with Crippen molar-refractivity contribution < 1.29 is 30.0 Å². The van der Waals surface area contributed by atoms with Crippen LogP contribution in [0.25, 0.3) is 0 Å². The number of hydrogen-bond acceptors (Lipinski definition) is 5. The Morgan fingerprint density at radius 3 is 1.89 bits per heavy atom. The van der Waals surface area contributed by atoms with Crippen molar-refractivity contribution in [2.45, 2.75) is 18.6 Å². The van der Waals surface area contributed by atoms with Crippen LogP contribution < -0.4 is 0 Å². The van der Waals surface area contributed by atoms with Gasteiger partial charge in [0.15, 0.2) is 0 Å². The van der Waals surface area contributed by atoms with Crippen molar-refractivity contribution in [1.82, 2.24) is 0 Å². The molecule has 0 aliphatic carbocycles. The summed E-state index contributed by atoms with van der Waals surface area (Å²) in [4.78, 5) is 21.8. The Kier molecular flexibility index (Phi) is 5.34. The molecule has 0 saturated carbocycles. The Labute approximate surface area is 114 Å². The first-order chi connectivity index (χ1) is 8.86. The highest BCUT2D eigenvalue weighted by Crippen LogP contribution is 2.22. The molecule has 0 spiro atoms. The van der Waals surface area contributed by atoms with Gasteiger partial charge < -0.3 is 20.4 Å². The van der Waals surface area contributed by atoms with E-state index in [1.165, 1.54) is 0 Å². The number of benzene rings is 1. The monoisotopic (exact) mass is 286 g/mol. The number of thiol groups is 1. The maximum atomic E-state index is 10.9. The lowest BCUT2D eigenvalue weighted by Gasteiger charge is -2.18. The predicted octanol–water partition coefficient (Wildman–Crippen LogP) is 0.797. The van der Waals surface area contributed by atoms with Crippen LogP contribution in [-0.2, 0) is 0 Å². The van der Waals surface area contributed by atoms with Crippen molar-refractivity contribution in [3.8, 4) is 0 Å². The molecule has 0 amide bonds. The first kappa shape index (κ1) is 15.5. The molecule has 1 rings (SSSR count). The minimum atomic E-state index is -1.36. The fourth-order valence-electron chi connectivity index (χ4n) is 1.58. The van der Waals surface area contributed by atoms with Crippen LogP contribution >= 0.6 is 12.6 Å². The van der Waals surface area contributed by atoms with Gasteiger partial charge >= 0.3 is 11.9 Å². The van der Waals surface area contributed by atoms with E-state index >= 15 is 0 Å². The van der Waals surface area contributed by atoms with Gasteiger partial charge in [-0.15, -0.1) is 0 Å². The summed E-state index contributed by atoms with van der Waals surface area (Å²) in [5.74, 6) is -2.27. The number of aliphatic hydroxyl groups excluding tert-OH is 2. The van der Waals surface area contributed by atoms with E-state index in [2.05, 4.69) is 12.6 Å². The molecule has 1 aromatic rings. The van der Waals surface area contributed by atoms with Crippen LogP contribution in [-0.4, -0.2) is 44.2 Å². The maximum absolute atomic E-state index is 10.9. The van der Waals surface area contributed by atoms with Crippen molar-refractivity contribution in [1.29, 1.82) is 0 Å². The van der Waals surface area contributed by atoms with Gasteiger partial charge in [0, 0.05) is 0 Å². The van der Waals surface area contributed by atoms with Crippen molar-refractivity contribution in [2.24, 2.45) is 0 Å². The highest BCUT2D eigenvalue weighted by Gasteiger charge is 2.21. The SMILES string of the molecule is O=C(O)c1cc(C(=O)O)cc(C(O)C(O)CCS)c1. The van der Waals surface area contributed by atoms with E-state index in [0.717, 1.165) is 18.2 Å². The molecule has 0 radical (unpaired) electrons. The lowest BCUT2D eigenvalue weighted by Crippen LogP contribution is -2.19. The van der Waals surface area contributed by atoms with Gasteiger partial charge in [-0.25, -0.2) is 9.59 Å². The molecule has 0 heterocycles. The lowest BCUT2D eigenvalue weighted by atomic mass is 9.98. The molecule has 0 aliphatic rings. The van der Waals surface area contributed by atoms with Crippen molar-refractivity contribution in [3.05, 3.63) is 34.9 Å². The molecule has 1 aromatic carbocycles. The Bertz CT molecular complexity index is 455. The van der Waals surface area contributed by atoms with Crippen LogP contribution in [0, 0.1) is 0 Å². The minimum Gasteiger partial charge on any atom is -0.478 e. The normalized spacial score (nSPS) is 13.8. The largest absolute Gasteiger partial charge is 0.478 e. The molecule has 2 unspecified atom stereocenters. The summed E-state index contributed by atoms with van der Waals surface area (Å²) in [5, 5.41) is 37.3. The summed E-state index contributed by atoms with van der Waals surface area (Å²) in [7, 11) is 0. The zero-order chi connectivity index (χ0) is 14.6. The second-order valence-corrected chi connectivity index (χ2v) is 4.43. The van der Waals surface area contributed by atoms with Crippen molar-refractivity contribution >= 4 is 24.6 Å². The van der Waals surface area contributed by atoms with E-state index in [-0.39, 0.29) is 23.1 Å². The van der Waals surface area contributed by atoms with Crippen LogP contribution in [0.5, 0.6) is 0 Å². The third-order valence-electron chi connectivity index (χ3n) is 2.58. The number of carboxylic acids is 2. The number of aliphatic hydroxyl groups is 2. The fourth-order valence-corrected chi connectivity index (χ4v) is 1.85. The summed E-state index contributed by atoms with van der Waals surface area (Å²) >= 11 is 3.91. The first-order valence-corrected chi connectivity index (χ1v) is 6.08. The first-order valence-electron chi connectivity index (χ1n) is 5.45. The number of carbonyl (C=O) groups is 2. The molecule has 0 bridgehead atoms. The molecule has 7 heteroatoms. The lowest BCUT2D eigenvalue weighted by molar-refractivity contribution is 0.0171. The Balaban J connectivity index is 3.19. The topological polar surface area (TPSA) is 115 Å². The Morgan fingerprint density at radius 1 is 1.05 bits per heavy atom. The fraction of sp³-hybridized carbons (Fsp3) is 0.333. The number of hydrogen-bond donors (Lipinski definition) is 5. The Morgan fingerprint density at radius 2 is 1.53 bits per heavy atom. The molecule has 2 atom stereocenters. The zero-order valence-electron chi connectivity index (χ0n) is 9.85. The second kappa shape index (κ2) is 6.55. The van der Waals surface area contributed by atoms with Crippen LogP contribution in [0.2, 0.25) is 0 Å². The minimum absolute atomic E-state index is 0.0478. The van der Waals surface area contributed by atoms with Gasteiger partial charge in [0.1, 0.15) is 6.10 Å². The molecule has 0 aliphatic heterocycles. The quantitative estimate of drug-likeness (QED) is 0.494. The molecule has 0 fully saturated rings. The maximum Gasteiger partial charge on any atom is 0.335 e. The summed E-state index contributed by atoms with van der Waals surface area (Å²) < 4.78 is 0. The number of aromatic carboxylic acids is 2. The molecule has 104 valence electrons. The standard InChI is InChI=1S/C12H14O6S/c13-9(1-2-19)10(14)6-3-7(11(15)16)5-8(4-6)12(17)18/h3-5,9-10,13-14,19H,1-2H2,(H,15,16)(H,17,18). The van der Waals surface area contributed by atoms with Crippen LogP contribution in [0.1, 0.15) is 38.8 Å². The van der Waals surface area contributed by atoms with Gasteiger partial charge in [0.25, 0.3) is 0 Å². The highest BCUT2D eigenvalue weighted by atomic mass is 32.1. The summed E-state index contributed by atoms with van der Waals surface area (Å²) in [6.07, 6.45) is -2.29. The predicted molar refractivity (Wildman–Crippen MR) is 69.8 cm³/mol. The van der Waals surface area contributed by atoms with Crippen molar-refractivity contribution in [3.63, 3.8) is 0 Å². The van der Waals surface area contributed by atoms with E-state index in [4.69, 9.17) is 10.2 Å². The molecule has 0 aromatic heterocycles. The van der Waals surface area contributed by atoms with E-state index < -0.39 is 24.1 Å². The summed E-state index contributed by atoms with van der Waals surface area (Å²) in [5.41, 5.74) is -0.467. The molecule has 4 N–H and O–H groups in total. The van der Waals surface area contributed by atoms with Gasteiger partial charge in [0.2, 0.25) is 0 Å². The number of rotatable bonds is 6. The molecular weight excluding hydrogens is 272 g/mol. The van der Waals surface area contributed by atoms with Gasteiger partial charge in [-0.2, -0.15) is 12.6 Å². The average molecular weight is 286 g/mol. The van der Waals surface area contributed by atoms with Gasteiger partial charge in [0.05, 0.1) is 17.2 Å². The molecule has 6 nitrogen and oxygen atoms in total. The Hall–Kier alpha value is -1.57. The third-order valence-corrected chi connectivity index (χ3v) is 2.84. The summed E-state index contributed by atoms with van der Waals surface area (Å²) in [6, 6.07) is 3.27. The van der Waals surface area contributed by atoms with E-state index in [9.17, 15) is 19.8 Å². The van der Waals surface area contributed by atoms with E-state index in [0.29, 0.717) is 5.75 Å². The van der Waals surface area contributed by atoms with Crippen LogP contribution in [0.15, 0.2) is 18.2 Å². The average Bonchev–Trinajstić information content (AvgIpc) is 2.37. The highest BCUT2D eigenvalue weighted by molar-refractivity contribution is 7.80. The van der Waals surface area contributed by atoms with Crippen LogP contribution in [0.3, 0.4) is 0 Å². The van der Waals surface area contributed by atoms with Crippen molar-refractivity contribution in [2.75, 3.05) is 5.75 Å². The molecule has 19 heavy (non-hydrogen) atoms. The zero-order valence-corrected chi connectivity index (χ0v) is 10.7. The van der Waals surface area contributed by atoms with E-state index in [1.807, 2.05) is 0 Å². The smallest absolute Gasteiger partial charge is 0.335 e. The van der Waals surface area contributed by atoms with Gasteiger partial charge in [-0.05, 0) is 35.9 Å². The van der Waals surface area contributed by atoms with Gasteiger partial charge in [-0.3, -0.25) is 0 Å². The van der Waals surface area contributed by atoms with E-state index in [1.54, 1.807) is 0 Å². The molecular formula is C12H14O6S. The second-order valence-electron chi connectivity index (χ2n) is 3.98. The molecule has 0 saturated heterocycles. The van der Waals surface area contributed by atoms with Crippen LogP contribution in [0.4, 0.5) is 0 Å². The van der Waals surface area contributed by atoms with Gasteiger partial charge in [-0.1, -0.05) is 0 Å². The third kappa shape index (κ3) is 3.95.